The van der Waals surface area contributed by atoms with Gasteiger partial charge in [-0.3, -0.25) is 0 Å². The van der Waals surface area contributed by atoms with Crippen molar-refractivity contribution in [2.24, 2.45) is 10.3 Å². The highest BCUT2D eigenvalue weighted by atomic mass is 16.5. The van der Waals surface area contributed by atoms with E-state index in [-0.39, 0.29) is 0 Å². The molecule has 0 fully saturated rings. The minimum Gasteiger partial charge on any atom is -0.411 e. The van der Waals surface area contributed by atoms with Crippen LogP contribution in [0.2, 0.25) is 0 Å². The standard InChI is InChI=1S/C4H10O.C2H4N2O2/c1-3-5-4-2;5-3-1-2-4-6/h3-4H2,1-2H3;1-2,5-6H/b;3-1+,4-2+. The minimum atomic E-state index is 0.844. The first-order valence-corrected chi connectivity index (χ1v) is 3.24. The molecule has 0 heterocycles. The maximum absolute atomic E-state index is 7.56. The Morgan fingerprint density at radius 1 is 1.09 bits per heavy atom. The zero-order valence-corrected chi connectivity index (χ0v) is 6.77. The van der Waals surface area contributed by atoms with Gasteiger partial charge in [-0.2, -0.15) is 0 Å². The van der Waals surface area contributed by atoms with Crippen molar-refractivity contribution < 1.29 is 15.2 Å². The molecule has 0 radical (unpaired) electrons. The predicted molar refractivity (Wildman–Crippen MR) is 42.7 cm³/mol. The molecule has 0 aliphatic carbocycles. The van der Waals surface area contributed by atoms with Crippen LogP contribution in [0.4, 0.5) is 0 Å². The highest BCUT2D eigenvalue weighted by Crippen LogP contribution is 1.64. The van der Waals surface area contributed by atoms with Crippen LogP contribution in [-0.4, -0.2) is 36.1 Å². The molecule has 0 saturated heterocycles. The van der Waals surface area contributed by atoms with Gasteiger partial charge in [0.1, 0.15) is 0 Å². The van der Waals surface area contributed by atoms with Gasteiger partial charge in [0, 0.05) is 13.2 Å². The number of oxime groups is 2. The zero-order valence-electron chi connectivity index (χ0n) is 6.77. The van der Waals surface area contributed by atoms with Gasteiger partial charge in [0.25, 0.3) is 0 Å². The molecule has 0 atom stereocenters. The number of rotatable bonds is 3. The van der Waals surface area contributed by atoms with E-state index in [0.29, 0.717) is 0 Å². The first kappa shape index (κ1) is 12.6. The van der Waals surface area contributed by atoms with Crippen LogP contribution in [0, 0.1) is 0 Å². The highest BCUT2D eigenvalue weighted by molar-refractivity contribution is 6.15. The van der Waals surface area contributed by atoms with E-state index in [1.807, 2.05) is 13.8 Å². The Morgan fingerprint density at radius 2 is 1.45 bits per heavy atom. The lowest BCUT2D eigenvalue weighted by Crippen LogP contribution is -1.84. The van der Waals surface area contributed by atoms with E-state index in [0.717, 1.165) is 25.6 Å². The molecule has 0 saturated carbocycles. The van der Waals surface area contributed by atoms with E-state index in [4.69, 9.17) is 15.2 Å². The SMILES string of the molecule is CCOCC.O/N=C/C=N/O. The first-order chi connectivity index (χ1) is 5.33. The molecule has 0 spiro atoms. The highest BCUT2D eigenvalue weighted by Gasteiger charge is 1.64. The smallest absolute Gasteiger partial charge is 0.0877 e. The molecule has 5 heteroatoms. The third kappa shape index (κ3) is 27.9. The Labute approximate surface area is 66.0 Å². The fourth-order valence-corrected chi connectivity index (χ4v) is 0.264. The van der Waals surface area contributed by atoms with E-state index >= 15 is 0 Å². The van der Waals surface area contributed by atoms with Gasteiger partial charge in [0.05, 0.1) is 12.4 Å². The van der Waals surface area contributed by atoms with E-state index in [1.54, 1.807) is 0 Å². The van der Waals surface area contributed by atoms with Gasteiger partial charge in [0.2, 0.25) is 0 Å². The molecule has 66 valence electrons. The Balaban J connectivity index is 0. The van der Waals surface area contributed by atoms with E-state index in [1.165, 1.54) is 0 Å². The molecule has 0 bridgehead atoms. The minimum absolute atomic E-state index is 0.844. The summed E-state index contributed by atoms with van der Waals surface area (Å²) in [6.45, 7) is 5.67. The van der Waals surface area contributed by atoms with Crippen LogP contribution < -0.4 is 0 Å². The molecular weight excluding hydrogens is 148 g/mol. The summed E-state index contributed by atoms with van der Waals surface area (Å²) in [5, 5.41) is 20.1. The third-order valence-electron chi connectivity index (χ3n) is 0.608. The van der Waals surface area contributed by atoms with Crippen molar-refractivity contribution in [1.82, 2.24) is 0 Å². The summed E-state index contributed by atoms with van der Waals surface area (Å²) < 4.78 is 4.83. The maximum atomic E-state index is 7.56. The van der Waals surface area contributed by atoms with Crippen LogP contribution >= 0.6 is 0 Å². The quantitative estimate of drug-likeness (QED) is 0.368. The van der Waals surface area contributed by atoms with Crippen molar-refractivity contribution in [2.45, 2.75) is 13.8 Å². The molecule has 0 aromatic heterocycles. The fourth-order valence-electron chi connectivity index (χ4n) is 0.264. The summed E-state index contributed by atoms with van der Waals surface area (Å²) >= 11 is 0. The summed E-state index contributed by atoms with van der Waals surface area (Å²) in [5.41, 5.74) is 0. The molecule has 0 rings (SSSR count). The average molecular weight is 162 g/mol. The molecule has 0 aromatic carbocycles. The van der Waals surface area contributed by atoms with Crippen molar-refractivity contribution in [1.29, 1.82) is 0 Å². The van der Waals surface area contributed by atoms with Crippen molar-refractivity contribution in [3.8, 4) is 0 Å². The normalized spacial score (nSPS) is 10.0. The Hall–Kier alpha value is -1.10. The lowest BCUT2D eigenvalue weighted by Gasteiger charge is -1.86. The molecule has 11 heavy (non-hydrogen) atoms. The van der Waals surface area contributed by atoms with Crippen LogP contribution in [0.3, 0.4) is 0 Å². The van der Waals surface area contributed by atoms with Crippen LogP contribution in [0.15, 0.2) is 10.3 Å². The number of nitrogens with zero attached hydrogens (tertiary/aromatic N) is 2. The molecule has 0 aliphatic heterocycles. The van der Waals surface area contributed by atoms with Gasteiger partial charge in [-0.1, -0.05) is 10.3 Å². The lowest BCUT2D eigenvalue weighted by atomic mass is 10.8. The van der Waals surface area contributed by atoms with Crippen LogP contribution in [0.5, 0.6) is 0 Å². The number of hydrogen-bond acceptors (Lipinski definition) is 5. The van der Waals surface area contributed by atoms with Crippen LogP contribution in [-0.2, 0) is 4.74 Å². The van der Waals surface area contributed by atoms with Gasteiger partial charge in [-0.15, -0.1) is 0 Å². The summed E-state index contributed by atoms with van der Waals surface area (Å²) in [6.07, 6.45) is 1.89. The molecule has 0 unspecified atom stereocenters. The summed E-state index contributed by atoms with van der Waals surface area (Å²) in [6, 6.07) is 0. The Morgan fingerprint density at radius 3 is 1.55 bits per heavy atom. The summed E-state index contributed by atoms with van der Waals surface area (Å²) in [4.78, 5) is 0. The average Bonchev–Trinajstić information content (AvgIpc) is 2.04. The largest absolute Gasteiger partial charge is 0.411 e. The van der Waals surface area contributed by atoms with Crippen molar-refractivity contribution in [3.05, 3.63) is 0 Å². The Bertz CT molecular complexity index is 92.0. The fraction of sp³-hybridized carbons (Fsp3) is 0.667. The monoisotopic (exact) mass is 162 g/mol. The van der Waals surface area contributed by atoms with Gasteiger partial charge in [-0.25, -0.2) is 0 Å². The molecule has 0 aliphatic rings. The lowest BCUT2D eigenvalue weighted by molar-refractivity contribution is 0.162. The summed E-state index contributed by atoms with van der Waals surface area (Å²) in [7, 11) is 0. The van der Waals surface area contributed by atoms with Gasteiger partial charge < -0.3 is 15.2 Å². The molecule has 0 amide bonds. The van der Waals surface area contributed by atoms with Crippen molar-refractivity contribution >= 4 is 12.4 Å². The maximum Gasteiger partial charge on any atom is 0.0877 e. The molecular formula is C6H14N2O3. The Kier molecular flexibility index (Phi) is 18.2. The molecule has 5 nitrogen and oxygen atoms in total. The number of ether oxygens (including phenoxy) is 1. The molecule has 0 aromatic rings. The van der Waals surface area contributed by atoms with Crippen molar-refractivity contribution in [3.63, 3.8) is 0 Å². The van der Waals surface area contributed by atoms with E-state index < -0.39 is 0 Å². The third-order valence-corrected chi connectivity index (χ3v) is 0.608. The predicted octanol–water partition coefficient (Wildman–Crippen LogP) is 0.949. The first-order valence-electron chi connectivity index (χ1n) is 3.24. The number of hydrogen-bond donors (Lipinski definition) is 2. The second-order valence-electron chi connectivity index (χ2n) is 1.31. The second kappa shape index (κ2) is 16.0. The van der Waals surface area contributed by atoms with E-state index in [2.05, 4.69) is 10.3 Å². The molecule has 2 N–H and O–H groups in total. The van der Waals surface area contributed by atoms with Crippen LogP contribution in [0.1, 0.15) is 13.8 Å². The summed E-state index contributed by atoms with van der Waals surface area (Å²) in [5.74, 6) is 0. The topological polar surface area (TPSA) is 74.4 Å². The van der Waals surface area contributed by atoms with Crippen molar-refractivity contribution in [2.75, 3.05) is 13.2 Å². The van der Waals surface area contributed by atoms with Gasteiger partial charge >= 0.3 is 0 Å². The van der Waals surface area contributed by atoms with E-state index in [9.17, 15) is 0 Å². The van der Waals surface area contributed by atoms with Gasteiger partial charge in [0.15, 0.2) is 0 Å². The van der Waals surface area contributed by atoms with Gasteiger partial charge in [-0.05, 0) is 13.8 Å². The second-order valence-corrected chi connectivity index (χ2v) is 1.31. The van der Waals surface area contributed by atoms with Crippen LogP contribution in [0.25, 0.3) is 0 Å². The zero-order chi connectivity index (χ0) is 8.95.